The molecule has 0 radical (unpaired) electrons. The third-order valence-electron chi connectivity index (χ3n) is 2.58. The van der Waals surface area contributed by atoms with Crippen LogP contribution in [0.1, 0.15) is 38.5 Å². The van der Waals surface area contributed by atoms with Gasteiger partial charge in [-0.1, -0.05) is 0 Å². The summed E-state index contributed by atoms with van der Waals surface area (Å²) in [6, 6.07) is 0. The van der Waals surface area contributed by atoms with Crippen LogP contribution in [0, 0.1) is 0 Å². The fourth-order valence-corrected chi connectivity index (χ4v) is 1.50. The highest BCUT2D eigenvalue weighted by Crippen LogP contribution is 2.23. The quantitative estimate of drug-likeness (QED) is 0.264. The second kappa shape index (κ2) is 11.1. The second-order valence-electron chi connectivity index (χ2n) is 5.06. The van der Waals surface area contributed by atoms with E-state index in [9.17, 15) is 39.5 Å². The van der Waals surface area contributed by atoms with Crippen LogP contribution in [0.15, 0.2) is 0 Å². The predicted molar refractivity (Wildman–Crippen MR) is 69.5 cm³/mol. The summed E-state index contributed by atoms with van der Waals surface area (Å²) in [4.78, 5) is 0. The van der Waals surface area contributed by atoms with Crippen LogP contribution in [0.25, 0.3) is 0 Å². The van der Waals surface area contributed by atoms with Crippen LogP contribution in [0.2, 0.25) is 0 Å². The Morgan fingerprint density at radius 1 is 0.480 bits per heavy atom. The summed E-state index contributed by atoms with van der Waals surface area (Å²) in [5.74, 6) is 0. The van der Waals surface area contributed by atoms with E-state index in [4.69, 9.17) is 14.0 Å². The van der Waals surface area contributed by atoms with Crippen molar-refractivity contribution in [2.75, 3.05) is 19.8 Å². The molecule has 0 N–H and O–H groups in total. The molecule has 0 aromatic heterocycles. The normalized spacial score (nSPS) is 13.3. The van der Waals surface area contributed by atoms with Crippen LogP contribution in [-0.2, 0) is 14.0 Å². The van der Waals surface area contributed by atoms with Gasteiger partial charge in [0.05, 0.1) is 0 Å². The van der Waals surface area contributed by atoms with Gasteiger partial charge in [0.25, 0.3) is 0 Å². The average molecular weight is 392 g/mol. The van der Waals surface area contributed by atoms with Crippen molar-refractivity contribution >= 4 is 7.32 Å². The molecule has 0 spiro atoms. The van der Waals surface area contributed by atoms with E-state index in [1.54, 1.807) is 0 Å². The Hall–Kier alpha value is -0.685. The van der Waals surface area contributed by atoms with E-state index < -0.39 is 84.2 Å². The van der Waals surface area contributed by atoms with Crippen LogP contribution in [-0.4, -0.2) is 45.7 Å². The molecule has 0 aromatic carbocycles. The Bertz CT molecular complexity index is 292. The summed E-state index contributed by atoms with van der Waals surface area (Å²) < 4.78 is 122. The molecule has 0 aliphatic heterocycles. The Kier molecular flexibility index (Phi) is 10.8. The summed E-state index contributed by atoms with van der Waals surface area (Å²) in [5.41, 5.74) is 0. The fourth-order valence-electron chi connectivity index (χ4n) is 1.50. The number of hydrogen-bond donors (Lipinski definition) is 0. The Balaban J connectivity index is 4.12. The zero-order chi connectivity index (χ0) is 19.6. The molecule has 25 heavy (non-hydrogen) atoms. The fraction of sp³-hybridized carbons (Fsp3) is 1.00. The molecule has 0 rings (SSSR count). The lowest BCUT2D eigenvalue weighted by Gasteiger charge is -2.16. The molecule has 150 valence electrons. The van der Waals surface area contributed by atoms with Crippen molar-refractivity contribution in [3.63, 3.8) is 0 Å². The molecular weight excluding hydrogens is 374 g/mol. The Morgan fingerprint density at radius 2 is 0.720 bits per heavy atom. The molecule has 0 atom stereocenters. The SMILES string of the molecule is FC(F)(F)CCCOB(OCCCC(F)(F)F)OCCCC(F)(F)F. The second-order valence-corrected chi connectivity index (χ2v) is 5.06. The number of rotatable bonds is 12. The molecule has 0 amide bonds. The topological polar surface area (TPSA) is 27.7 Å². The van der Waals surface area contributed by atoms with E-state index in [2.05, 4.69) is 0 Å². The third kappa shape index (κ3) is 19.5. The Morgan fingerprint density at radius 3 is 0.920 bits per heavy atom. The van der Waals surface area contributed by atoms with Crippen LogP contribution >= 0.6 is 0 Å². The van der Waals surface area contributed by atoms with Crippen molar-refractivity contribution < 1.29 is 53.5 Å². The van der Waals surface area contributed by atoms with Gasteiger partial charge in [0.2, 0.25) is 0 Å². The standard InChI is InChI=1S/C12H18BF9O3/c14-10(15,16)4-1-7-23-13(24-8-2-5-11(17,18)19)25-9-3-6-12(20,21)22/h1-9H2. The minimum atomic E-state index is -4.40. The highest BCUT2D eigenvalue weighted by molar-refractivity contribution is 6.36. The lowest BCUT2D eigenvalue weighted by atomic mass is 10.2. The van der Waals surface area contributed by atoms with Crippen molar-refractivity contribution in [1.29, 1.82) is 0 Å². The summed E-state index contributed by atoms with van der Waals surface area (Å²) in [6.45, 7) is -1.41. The molecule has 0 unspecified atom stereocenters. The van der Waals surface area contributed by atoms with E-state index in [0.717, 1.165) is 0 Å². The predicted octanol–water partition coefficient (Wildman–Crippen LogP) is 5.05. The van der Waals surface area contributed by atoms with Gasteiger partial charge in [0.15, 0.2) is 0 Å². The van der Waals surface area contributed by atoms with E-state index >= 15 is 0 Å². The van der Waals surface area contributed by atoms with E-state index in [1.807, 2.05) is 0 Å². The first-order chi connectivity index (χ1) is 11.3. The van der Waals surface area contributed by atoms with E-state index in [1.165, 1.54) is 0 Å². The van der Waals surface area contributed by atoms with Gasteiger partial charge >= 0.3 is 25.9 Å². The van der Waals surface area contributed by atoms with Gasteiger partial charge < -0.3 is 14.0 Å². The van der Waals surface area contributed by atoms with Crippen molar-refractivity contribution in [1.82, 2.24) is 0 Å². The molecule has 0 aromatic rings. The molecule has 0 saturated carbocycles. The van der Waals surface area contributed by atoms with Gasteiger partial charge in [-0.15, -0.1) is 0 Å². The van der Waals surface area contributed by atoms with Gasteiger partial charge in [-0.3, -0.25) is 0 Å². The van der Waals surface area contributed by atoms with Crippen LogP contribution in [0.3, 0.4) is 0 Å². The summed E-state index contributed by atoms with van der Waals surface area (Å²) in [7, 11) is -1.62. The molecule has 3 nitrogen and oxygen atoms in total. The smallest absolute Gasteiger partial charge is 0.386 e. The van der Waals surface area contributed by atoms with Gasteiger partial charge in [-0.05, 0) is 19.3 Å². The lowest BCUT2D eigenvalue weighted by Crippen LogP contribution is -2.29. The summed E-state index contributed by atoms with van der Waals surface area (Å²) in [5, 5.41) is 0. The highest BCUT2D eigenvalue weighted by Gasteiger charge is 2.30. The maximum Gasteiger partial charge on any atom is 0.639 e. The molecule has 0 heterocycles. The molecule has 0 aliphatic carbocycles. The van der Waals surface area contributed by atoms with Gasteiger partial charge in [-0.25, -0.2) is 0 Å². The highest BCUT2D eigenvalue weighted by atomic mass is 19.4. The number of alkyl halides is 9. The van der Waals surface area contributed by atoms with Gasteiger partial charge in [0.1, 0.15) is 0 Å². The maximum atomic E-state index is 12.0. The first-order valence-corrected chi connectivity index (χ1v) is 7.33. The van der Waals surface area contributed by atoms with Crippen LogP contribution in [0.5, 0.6) is 0 Å². The Labute approximate surface area is 139 Å². The zero-order valence-electron chi connectivity index (χ0n) is 13.1. The molecule has 0 aliphatic rings. The first kappa shape index (κ1) is 24.3. The molecular formula is C12H18BF9O3. The molecule has 0 bridgehead atoms. The van der Waals surface area contributed by atoms with Gasteiger partial charge in [-0.2, -0.15) is 39.5 Å². The van der Waals surface area contributed by atoms with Crippen LogP contribution in [0.4, 0.5) is 39.5 Å². The number of hydrogen-bond acceptors (Lipinski definition) is 3. The summed E-state index contributed by atoms with van der Waals surface area (Å²) >= 11 is 0. The first-order valence-electron chi connectivity index (χ1n) is 7.33. The zero-order valence-corrected chi connectivity index (χ0v) is 13.1. The van der Waals surface area contributed by atoms with Crippen molar-refractivity contribution in [3.8, 4) is 0 Å². The van der Waals surface area contributed by atoms with E-state index in [-0.39, 0.29) is 0 Å². The summed E-state index contributed by atoms with van der Waals surface area (Å²) in [6.07, 6.45) is -18.0. The third-order valence-corrected chi connectivity index (χ3v) is 2.58. The van der Waals surface area contributed by atoms with Crippen molar-refractivity contribution in [2.24, 2.45) is 0 Å². The van der Waals surface area contributed by atoms with Crippen molar-refractivity contribution in [2.45, 2.75) is 57.1 Å². The maximum absolute atomic E-state index is 12.0. The minimum absolute atomic E-state index is 0.447. The van der Waals surface area contributed by atoms with Crippen LogP contribution < -0.4 is 0 Å². The molecule has 0 saturated heterocycles. The number of halogens is 9. The lowest BCUT2D eigenvalue weighted by molar-refractivity contribution is -0.137. The largest absolute Gasteiger partial charge is 0.639 e. The van der Waals surface area contributed by atoms with Crippen molar-refractivity contribution in [3.05, 3.63) is 0 Å². The van der Waals surface area contributed by atoms with E-state index in [0.29, 0.717) is 0 Å². The monoisotopic (exact) mass is 392 g/mol. The average Bonchev–Trinajstić information content (AvgIpc) is 2.40. The molecule has 13 heteroatoms. The minimum Gasteiger partial charge on any atom is -0.386 e. The van der Waals surface area contributed by atoms with Gasteiger partial charge in [0, 0.05) is 39.1 Å². The molecule has 0 fully saturated rings.